The molecule has 8 nitrogen and oxygen atoms in total. The molecule has 1 aliphatic heterocycles. The van der Waals surface area contributed by atoms with Gasteiger partial charge >= 0.3 is 0 Å². The summed E-state index contributed by atoms with van der Waals surface area (Å²) in [6, 6.07) is 12.0. The highest BCUT2D eigenvalue weighted by Crippen LogP contribution is 2.30. The predicted molar refractivity (Wildman–Crippen MR) is 93.4 cm³/mol. The SMILES string of the molecule is CC1=NN(c2ccccc2)C(=O)C1N=Nc1ccc([N+](=O)[O-])cc1Cl. The van der Waals surface area contributed by atoms with Gasteiger partial charge in [0, 0.05) is 12.1 Å². The van der Waals surface area contributed by atoms with Crippen LogP contribution in [0.25, 0.3) is 0 Å². The summed E-state index contributed by atoms with van der Waals surface area (Å²) in [5.41, 5.74) is 1.23. The van der Waals surface area contributed by atoms with Gasteiger partial charge < -0.3 is 0 Å². The number of rotatable bonds is 4. The van der Waals surface area contributed by atoms with Crippen molar-refractivity contribution in [3.8, 4) is 0 Å². The molecular formula is C16H12ClN5O3. The van der Waals surface area contributed by atoms with Gasteiger partial charge in [0.1, 0.15) is 5.69 Å². The molecule has 25 heavy (non-hydrogen) atoms. The van der Waals surface area contributed by atoms with Gasteiger partial charge in [-0.3, -0.25) is 14.9 Å². The number of nitrogens with zero attached hydrogens (tertiary/aromatic N) is 5. The highest BCUT2D eigenvalue weighted by atomic mass is 35.5. The van der Waals surface area contributed by atoms with E-state index >= 15 is 0 Å². The van der Waals surface area contributed by atoms with E-state index in [0.29, 0.717) is 11.4 Å². The first-order valence-electron chi connectivity index (χ1n) is 7.26. The van der Waals surface area contributed by atoms with Crippen molar-refractivity contribution in [1.82, 2.24) is 0 Å². The zero-order valence-electron chi connectivity index (χ0n) is 13.0. The van der Waals surface area contributed by atoms with Crippen LogP contribution in [-0.4, -0.2) is 22.6 Å². The van der Waals surface area contributed by atoms with Crippen molar-refractivity contribution in [2.45, 2.75) is 13.0 Å². The van der Waals surface area contributed by atoms with E-state index in [4.69, 9.17) is 11.6 Å². The van der Waals surface area contributed by atoms with Crippen LogP contribution in [0.3, 0.4) is 0 Å². The molecule has 0 fully saturated rings. The second-order valence-electron chi connectivity index (χ2n) is 5.24. The fraction of sp³-hybridized carbons (Fsp3) is 0.125. The molecule has 0 saturated carbocycles. The second-order valence-corrected chi connectivity index (χ2v) is 5.65. The molecule has 2 aromatic rings. The molecule has 2 aromatic carbocycles. The summed E-state index contributed by atoms with van der Waals surface area (Å²) < 4.78 is 0. The average Bonchev–Trinajstić information content (AvgIpc) is 2.89. The fourth-order valence-electron chi connectivity index (χ4n) is 2.25. The lowest BCUT2D eigenvalue weighted by atomic mass is 10.2. The number of hydrazone groups is 1. The van der Waals surface area contributed by atoms with Gasteiger partial charge in [0.15, 0.2) is 6.04 Å². The summed E-state index contributed by atoms with van der Waals surface area (Å²) in [6.07, 6.45) is 0. The molecule has 0 radical (unpaired) electrons. The molecule has 0 saturated heterocycles. The van der Waals surface area contributed by atoms with Gasteiger partial charge in [-0.05, 0) is 25.1 Å². The molecule has 0 bridgehead atoms. The third-order valence-corrected chi connectivity index (χ3v) is 3.82. The molecule has 1 amide bonds. The Hall–Kier alpha value is -3.13. The number of anilines is 1. The Balaban J connectivity index is 1.82. The van der Waals surface area contributed by atoms with Gasteiger partial charge in [0.25, 0.3) is 11.6 Å². The number of benzene rings is 2. The van der Waals surface area contributed by atoms with Crippen LogP contribution in [0.2, 0.25) is 5.02 Å². The van der Waals surface area contributed by atoms with E-state index in [1.54, 1.807) is 31.2 Å². The van der Waals surface area contributed by atoms with E-state index < -0.39 is 11.0 Å². The second kappa shape index (κ2) is 6.78. The van der Waals surface area contributed by atoms with Gasteiger partial charge in [-0.15, -0.1) is 0 Å². The van der Waals surface area contributed by atoms with Crippen molar-refractivity contribution in [3.63, 3.8) is 0 Å². The number of non-ortho nitro benzene ring substituents is 1. The zero-order valence-corrected chi connectivity index (χ0v) is 13.8. The van der Waals surface area contributed by atoms with Gasteiger partial charge in [0.2, 0.25) is 0 Å². The van der Waals surface area contributed by atoms with E-state index in [1.807, 2.05) is 6.07 Å². The number of hydrogen-bond acceptors (Lipinski definition) is 6. The highest BCUT2D eigenvalue weighted by molar-refractivity contribution is 6.33. The Morgan fingerprint density at radius 2 is 1.96 bits per heavy atom. The van der Waals surface area contributed by atoms with Crippen molar-refractivity contribution in [2.75, 3.05) is 5.01 Å². The first kappa shape index (κ1) is 16.7. The first-order chi connectivity index (χ1) is 12.0. The number of nitro groups is 1. The molecule has 126 valence electrons. The predicted octanol–water partition coefficient (Wildman–Crippen LogP) is 4.12. The standard InChI is InChI=1S/C16H12ClN5O3/c1-10-15(16(23)21(20-10)11-5-3-2-4-6-11)19-18-14-8-7-12(22(24)25)9-13(14)17/h2-9,15H,1H3. The molecule has 1 heterocycles. The first-order valence-corrected chi connectivity index (χ1v) is 7.64. The lowest BCUT2D eigenvalue weighted by Crippen LogP contribution is -2.29. The summed E-state index contributed by atoms with van der Waals surface area (Å²) in [5, 5.41) is 24.3. The number of carbonyl (C=O) groups is 1. The molecule has 9 heteroatoms. The van der Waals surface area contributed by atoms with Crippen molar-refractivity contribution in [2.24, 2.45) is 15.3 Å². The van der Waals surface area contributed by atoms with Gasteiger partial charge in [-0.1, -0.05) is 29.8 Å². The molecule has 0 N–H and O–H groups in total. The van der Waals surface area contributed by atoms with Gasteiger partial charge in [-0.2, -0.15) is 20.3 Å². The van der Waals surface area contributed by atoms with Crippen LogP contribution in [0.1, 0.15) is 6.92 Å². The molecule has 1 unspecified atom stereocenters. The molecular weight excluding hydrogens is 346 g/mol. The summed E-state index contributed by atoms with van der Waals surface area (Å²) in [5.74, 6) is -0.328. The van der Waals surface area contributed by atoms with Crippen molar-refractivity contribution in [3.05, 3.63) is 63.7 Å². The van der Waals surface area contributed by atoms with Crippen LogP contribution in [0.4, 0.5) is 17.1 Å². The third kappa shape index (κ3) is 3.38. The van der Waals surface area contributed by atoms with Crippen LogP contribution in [0.5, 0.6) is 0 Å². The summed E-state index contributed by atoms with van der Waals surface area (Å²) in [4.78, 5) is 22.7. The number of para-hydroxylation sites is 1. The number of carbonyl (C=O) groups excluding carboxylic acids is 1. The van der Waals surface area contributed by atoms with Gasteiger partial charge in [-0.25, -0.2) is 0 Å². The minimum absolute atomic E-state index is 0.0814. The molecule has 0 aromatic heterocycles. The van der Waals surface area contributed by atoms with Crippen LogP contribution >= 0.6 is 11.6 Å². The summed E-state index contributed by atoms with van der Waals surface area (Å²) >= 11 is 5.97. The quantitative estimate of drug-likeness (QED) is 0.467. The molecule has 1 aliphatic rings. The minimum atomic E-state index is -0.855. The monoisotopic (exact) mass is 357 g/mol. The number of hydrogen-bond donors (Lipinski definition) is 0. The topological polar surface area (TPSA) is 101 Å². The lowest BCUT2D eigenvalue weighted by molar-refractivity contribution is -0.384. The molecule has 3 rings (SSSR count). The summed E-state index contributed by atoms with van der Waals surface area (Å²) in [7, 11) is 0. The van der Waals surface area contributed by atoms with E-state index in [-0.39, 0.29) is 22.3 Å². The maximum Gasteiger partial charge on any atom is 0.280 e. The smallest absolute Gasteiger partial charge is 0.269 e. The number of nitro benzene ring substituents is 1. The molecule has 0 spiro atoms. The number of amides is 1. The highest BCUT2D eigenvalue weighted by Gasteiger charge is 2.34. The Morgan fingerprint density at radius 1 is 1.24 bits per heavy atom. The molecule has 0 aliphatic carbocycles. The van der Waals surface area contributed by atoms with E-state index in [2.05, 4.69) is 15.3 Å². The maximum absolute atomic E-state index is 12.5. The third-order valence-electron chi connectivity index (χ3n) is 3.52. The van der Waals surface area contributed by atoms with Crippen LogP contribution in [0, 0.1) is 10.1 Å². The molecule has 1 atom stereocenters. The lowest BCUT2D eigenvalue weighted by Gasteiger charge is -2.11. The maximum atomic E-state index is 12.5. The van der Waals surface area contributed by atoms with E-state index in [9.17, 15) is 14.9 Å². The van der Waals surface area contributed by atoms with Gasteiger partial charge in [0.05, 0.1) is 21.3 Å². The Bertz CT molecular complexity index is 898. The number of azo groups is 1. The van der Waals surface area contributed by atoms with E-state index in [1.165, 1.54) is 23.2 Å². The summed E-state index contributed by atoms with van der Waals surface area (Å²) in [6.45, 7) is 1.68. The van der Waals surface area contributed by atoms with Crippen LogP contribution < -0.4 is 5.01 Å². The average molecular weight is 358 g/mol. The van der Waals surface area contributed by atoms with Crippen LogP contribution in [0.15, 0.2) is 63.9 Å². The normalized spacial score (nSPS) is 17.2. The van der Waals surface area contributed by atoms with Crippen LogP contribution in [-0.2, 0) is 4.79 Å². The Labute approximate surface area is 147 Å². The largest absolute Gasteiger partial charge is 0.280 e. The zero-order chi connectivity index (χ0) is 18.0. The Kier molecular flexibility index (Phi) is 4.53. The number of halogens is 1. The Morgan fingerprint density at radius 3 is 2.60 bits per heavy atom. The van der Waals surface area contributed by atoms with Crippen molar-refractivity contribution in [1.29, 1.82) is 0 Å². The fourth-order valence-corrected chi connectivity index (χ4v) is 2.47. The van der Waals surface area contributed by atoms with Crippen molar-refractivity contribution >= 4 is 40.3 Å². The van der Waals surface area contributed by atoms with Crippen molar-refractivity contribution < 1.29 is 9.72 Å². The van der Waals surface area contributed by atoms with E-state index in [0.717, 1.165) is 0 Å². The minimum Gasteiger partial charge on any atom is -0.269 e.